The second-order valence-corrected chi connectivity index (χ2v) is 6.35. The summed E-state index contributed by atoms with van der Waals surface area (Å²) in [6, 6.07) is 8.16. The van der Waals surface area contributed by atoms with Crippen molar-refractivity contribution < 1.29 is 14.3 Å². The van der Waals surface area contributed by atoms with Gasteiger partial charge in [-0.15, -0.1) is 0 Å². The molecule has 0 saturated carbocycles. The van der Waals surface area contributed by atoms with Crippen LogP contribution < -0.4 is 11.1 Å². The highest BCUT2D eigenvalue weighted by Crippen LogP contribution is 2.29. The molecule has 3 N–H and O–H groups in total. The molecule has 1 aliphatic heterocycles. The summed E-state index contributed by atoms with van der Waals surface area (Å²) in [5.74, 6) is -0.582. The van der Waals surface area contributed by atoms with Gasteiger partial charge in [-0.1, -0.05) is 31.2 Å². The normalized spacial score (nSPS) is 17.3. The third kappa shape index (κ3) is 4.45. The molecule has 2 rings (SSSR count). The van der Waals surface area contributed by atoms with Gasteiger partial charge in [0.15, 0.2) is 0 Å². The Labute approximate surface area is 143 Å². The number of benzene rings is 1. The van der Waals surface area contributed by atoms with Gasteiger partial charge < -0.3 is 15.8 Å². The van der Waals surface area contributed by atoms with Crippen LogP contribution in [0.4, 0.5) is 0 Å². The van der Waals surface area contributed by atoms with Gasteiger partial charge >= 0.3 is 0 Å². The van der Waals surface area contributed by atoms with Crippen LogP contribution in [0.5, 0.6) is 0 Å². The zero-order valence-corrected chi connectivity index (χ0v) is 14.4. The lowest BCUT2D eigenvalue weighted by atomic mass is 9.79. The first-order valence-corrected chi connectivity index (χ1v) is 8.40. The molecule has 0 aliphatic carbocycles. The van der Waals surface area contributed by atoms with Gasteiger partial charge in [-0.2, -0.15) is 0 Å². The lowest BCUT2D eigenvalue weighted by Crippen LogP contribution is -2.49. The maximum atomic E-state index is 12.2. The van der Waals surface area contributed by atoms with E-state index in [1.165, 1.54) is 5.56 Å². The minimum Gasteiger partial charge on any atom is -0.381 e. The summed E-state index contributed by atoms with van der Waals surface area (Å²) in [5, 5.41) is 2.83. The predicted octanol–water partition coefficient (Wildman–Crippen LogP) is 2.05. The van der Waals surface area contributed by atoms with Crippen LogP contribution in [0, 0.1) is 5.41 Å². The summed E-state index contributed by atoms with van der Waals surface area (Å²) in [7, 11) is 0. The van der Waals surface area contributed by atoms with Crippen molar-refractivity contribution in [3.63, 3.8) is 0 Å². The number of carbonyl (C=O) groups is 2. The van der Waals surface area contributed by atoms with Gasteiger partial charge in [-0.05, 0) is 42.9 Å². The average molecular weight is 330 g/mol. The van der Waals surface area contributed by atoms with Crippen LogP contribution in [-0.4, -0.2) is 31.6 Å². The van der Waals surface area contributed by atoms with Crippen molar-refractivity contribution in [1.29, 1.82) is 0 Å². The summed E-state index contributed by atoms with van der Waals surface area (Å²) in [5.41, 5.74) is 8.01. The molecule has 5 heteroatoms. The first-order chi connectivity index (χ1) is 11.5. The van der Waals surface area contributed by atoms with Crippen molar-refractivity contribution in [2.24, 2.45) is 11.1 Å². The first-order valence-electron chi connectivity index (χ1n) is 8.40. The molecule has 0 radical (unpaired) electrons. The van der Waals surface area contributed by atoms with Gasteiger partial charge in [0.25, 0.3) is 0 Å². The maximum absolute atomic E-state index is 12.2. The molecule has 5 nitrogen and oxygen atoms in total. The van der Waals surface area contributed by atoms with Gasteiger partial charge in [0.2, 0.25) is 11.8 Å². The van der Waals surface area contributed by atoms with E-state index in [1.807, 2.05) is 19.1 Å². The highest BCUT2D eigenvalue weighted by atomic mass is 16.5. The molecule has 0 unspecified atom stereocenters. The number of hydrogen-bond acceptors (Lipinski definition) is 3. The van der Waals surface area contributed by atoms with Gasteiger partial charge in [-0.25, -0.2) is 0 Å². The van der Waals surface area contributed by atoms with Gasteiger partial charge in [0, 0.05) is 25.8 Å². The van der Waals surface area contributed by atoms with Gasteiger partial charge in [0.1, 0.15) is 0 Å². The second-order valence-electron chi connectivity index (χ2n) is 6.35. The Morgan fingerprint density at radius 3 is 2.42 bits per heavy atom. The lowest BCUT2D eigenvalue weighted by molar-refractivity contribution is -0.133. The number of hydrogen-bond donors (Lipinski definition) is 2. The zero-order valence-electron chi connectivity index (χ0n) is 14.4. The molecule has 0 spiro atoms. The first kappa shape index (κ1) is 18.2. The van der Waals surface area contributed by atoms with Crippen LogP contribution >= 0.6 is 0 Å². The van der Waals surface area contributed by atoms with Crippen LogP contribution in [0.15, 0.2) is 30.3 Å². The summed E-state index contributed by atoms with van der Waals surface area (Å²) >= 11 is 0. The lowest BCUT2D eigenvalue weighted by Gasteiger charge is -2.34. The highest BCUT2D eigenvalue weighted by Gasteiger charge is 2.38. The molecule has 0 atom stereocenters. The van der Waals surface area contributed by atoms with Crippen LogP contribution in [0.1, 0.15) is 37.8 Å². The number of nitrogens with one attached hydrogen (secondary N) is 1. The molecular weight excluding hydrogens is 304 g/mol. The minimum absolute atomic E-state index is 0.209. The minimum atomic E-state index is -0.696. The number of allylic oxidation sites excluding steroid dienone is 1. The van der Waals surface area contributed by atoms with Crippen molar-refractivity contribution >= 4 is 17.4 Å². The molecule has 0 aromatic heterocycles. The standard InChI is InChI=1S/C19H26N2O3/c1-3-15-4-6-16(7-5-15)14(2)12-17(22)21-13-19(18(20)23)8-10-24-11-9-19/h4-7,12H,3,8-11,13H2,1-2H3,(H2,20,23)(H,21,22)/b14-12+. The van der Waals surface area contributed by atoms with Crippen molar-refractivity contribution in [3.8, 4) is 0 Å². The van der Waals surface area contributed by atoms with Crippen molar-refractivity contribution in [3.05, 3.63) is 41.5 Å². The fourth-order valence-electron chi connectivity index (χ4n) is 2.86. The number of carbonyl (C=O) groups excluding carboxylic acids is 2. The molecule has 1 aromatic rings. The van der Waals surface area contributed by atoms with Crippen molar-refractivity contribution in [2.75, 3.05) is 19.8 Å². The fraction of sp³-hybridized carbons (Fsp3) is 0.474. The smallest absolute Gasteiger partial charge is 0.244 e. The van der Waals surface area contributed by atoms with E-state index in [2.05, 4.69) is 24.4 Å². The summed E-state index contributed by atoms with van der Waals surface area (Å²) in [6.07, 6.45) is 3.64. The van der Waals surface area contributed by atoms with Crippen molar-refractivity contribution in [1.82, 2.24) is 5.32 Å². The highest BCUT2D eigenvalue weighted by molar-refractivity contribution is 5.95. The van der Waals surface area contributed by atoms with E-state index in [9.17, 15) is 9.59 Å². The summed E-state index contributed by atoms with van der Waals surface area (Å²) < 4.78 is 5.29. The van der Waals surface area contributed by atoms with Crippen LogP contribution in [0.3, 0.4) is 0 Å². The van der Waals surface area contributed by atoms with Gasteiger partial charge in [-0.3, -0.25) is 9.59 Å². The molecule has 1 fully saturated rings. The quantitative estimate of drug-likeness (QED) is 0.783. The number of rotatable bonds is 6. The molecule has 130 valence electrons. The van der Waals surface area contributed by atoms with E-state index >= 15 is 0 Å². The second kappa shape index (κ2) is 8.11. The van der Waals surface area contributed by atoms with E-state index in [1.54, 1.807) is 6.08 Å². The maximum Gasteiger partial charge on any atom is 0.244 e. The molecule has 24 heavy (non-hydrogen) atoms. The van der Waals surface area contributed by atoms with E-state index in [0.717, 1.165) is 17.6 Å². The van der Waals surface area contributed by atoms with Crippen LogP contribution in [0.25, 0.3) is 5.57 Å². The number of nitrogens with two attached hydrogens (primary N) is 1. The number of ether oxygens (including phenoxy) is 1. The molecular formula is C19H26N2O3. The third-order valence-corrected chi connectivity index (χ3v) is 4.74. The molecule has 1 aliphatic rings. The molecule has 0 bridgehead atoms. The predicted molar refractivity (Wildman–Crippen MR) is 94.2 cm³/mol. The number of amides is 2. The van der Waals surface area contributed by atoms with E-state index in [4.69, 9.17) is 10.5 Å². The zero-order chi connectivity index (χ0) is 17.6. The number of aryl methyl sites for hydroxylation is 1. The fourth-order valence-corrected chi connectivity index (χ4v) is 2.86. The Balaban J connectivity index is 1.99. The Morgan fingerprint density at radius 1 is 1.25 bits per heavy atom. The molecule has 1 heterocycles. The van der Waals surface area contributed by atoms with Crippen molar-refractivity contribution in [2.45, 2.75) is 33.1 Å². The third-order valence-electron chi connectivity index (χ3n) is 4.74. The summed E-state index contributed by atoms with van der Waals surface area (Å²) in [4.78, 5) is 24.0. The Bertz CT molecular complexity index is 614. The monoisotopic (exact) mass is 330 g/mol. The Hall–Kier alpha value is -2.14. The molecule has 1 aromatic carbocycles. The molecule has 1 saturated heterocycles. The van der Waals surface area contributed by atoms with Crippen LogP contribution in [-0.2, 0) is 20.7 Å². The van der Waals surface area contributed by atoms with E-state index in [0.29, 0.717) is 26.1 Å². The Morgan fingerprint density at radius 2 is 1.88 bits per heavy atom. The van der Waals surface area contributed by atoms with E-state index < -0.39 is 5.41 Å². The molecule has 2 amide bonds. The Kier molecular flexibility index (Phi) is 6.15. The average Bonchev–Trinajstić information content (AvgIpc) is 2.60. The number of primary amides is 1. The van der Waals surface area contributed by atoms with Gasteiger partial charge in [0.05, 0.1) is 5.41 Å². The van der Waals surface area contributed by atoms with Crippen LogP contribution in [0.2, 0.25) is 0 Å². The summed E-state index contributed by atoms with van der Waals surface area (Å²) in [6.45, 7) is 5.26. The largest absolute Gasteiger partial charge is 0.381 e. The SMILES string of the molecule is CCc1ccc(/C(C)=C/C(=O)NCC2(C(N)=O)CCOCC2)cc1. The topological polar surface area (TPSA) is 81.4 Å². The van der Waals surface area contributed by atoms with E-state index in [-0.39, 0.29) is 18.4 Å².